The normalized spacial score (nSPS) is 15.2. The summed E-state index contributed by atoms with van der Waals surface area (Å²) in [6.07, 6.45) is 0. The third-order valence-corrected chi connectivity index (χ3v) is 4.20. The smallest absolute Gasteiger partial charge is 0.213 e. The van der Waals surface area contributed by atoms with Gasteiger partial charge in [-0.25, -0.2) is 13.1 Å². The van der Waals surface area contributed by atoms with E-state index in [-0.39, 0.29) is 18.9 Å². The highest BCUT2D eigenvalue weighted by Gasteiger charge is 2.25. The van der Waals surface area contributed by atoms with Crippen LogP contribution in [-0.2, 0) is 20.4 Å². The minimum atomic E-state index is -3.45. The molecule has 0 amide bonds. The fourth-order valence-corrected chi connectivity index (χ4v) is 2.58. The molecule has 0 aliphatic carbocycles. The zero-order valence-electron chi connectivity index (χ0n) is 10.9. The Morgan fingerprint density at radius 3 is 2.47 bits per heavy atom. The number of nitrogens with one attached hydrogen (secondary N) is 1. The summed E-state index contributed by atoms with van der Waals surface area (Å²) in [6.45, 7) is 1.54. The number of methoxy groups -OCH3 is 1. The lowest BCUT2D eigenvalue weighted by Gasteiger charge is -2.24. The number of sulfonamides is 1. The van der Waals surface area contributed by atoms with Crippen LogP contribution in [0.25, 0.3) is 0 Å². The molecular formula is C12H18ClNO4S. The van der Waals surface area contributed by atoms with Crippen molar-refractivity contribution in [2.24, 2.45) is 0 Å². The molecule has 0 aliphatic heterocycles. The molecule has 0 saturated carbocycles. The highest BCUT2D eigenvalue weighted by atomic mass is 35.5. The zero-order chi connectivity index (χ0) is 14.5. The van der Waals surface area contributed by atoms with Crippen LogP contribution in [0.3, 0.4) is 0 Å². The van der Waals surface area contributed by atoms with Crippen molar-refractivity contribution < 1.29 is 18.3 Å². The summed E-state index contributed by atoms with van der Waals surface area (Å²) in [7, 11) is -2.02. The van der Waals surface area contributed by atoms with Crippen molar-refractivity contribution in [1.29, 1.82) is 0 Å². The highest BCUT2D eigenvalue weighted by Crippen LogP contribution is 2.21. The van der Waals surface area contributed by atoms with E-state index in [1.165, 1.54) is 14.0 Å². The van der Waals surface area contributed by atoms with Gasteiger partial charge >= 0.3 is 0 Å². The average molecular weight is 308 g/mol. The molecule has 7 heteroatoms. The maximum Gasteiger partial charge on any atom is 0.213 e. The second-order valence-electron chi connectivity index (χ2n) is 4.41. The lowest BCUT2D eigenvalue weighted by molar-refractivity contribution is 0.0627. The first kappa shape index (κ1) is 16.4. The summed E-state index contributed by atoms with van der Waals surface area (Å²) < 4.78 is 30.3. The van der Waals surface area contributed by atoms with Gasteiger partial charge in [0.2, 0.25) is 10.0 Å². The van der Waals surface area contributed by atoms with Gasteiger partial charge in [-0.1, -0.05) is 23.7 Å². The molecular weight excluding hydrogens is 290 g/mol. The summed E-state index contributed by atoms with van der Waals surface area (Å²) in [5.74, 6) is -0.139. The van der Waals surface area contributed by atoms with Gasteiger partial charge in [0.1, 0.15) is 5.60 Å². The van der Waals surface area contributed by atoms with E-state index in [1.54, 1.807) is 24.3 Å². The summed E-state index contributed by atoms with van der Waals surface area (Å²) in [5.41, 5.74) is -0.712. The van der Waals surface area contributed by atoms with Crippen molar-refractivity contribution in [3.05, 3.63) is 34.9 Å². The molecule has 1 unspecified atom stereocenters. The quantitative estimate of drug-likeness (QED) is 0.791. The molecule has 0 aromatic heterocycles. The van der Waals surface area contributed by atoms with E-state index in [2.05, 4.69) is 4.72 Å². The van der Waals surface area contributed by atoms with Crippen molar-refractivity contribution >= 4 is 21.6 Å². The topological polar surface area (TPSA) is 75.6 Å². The second kappa shape index (κ2) is 6.67. The Balaban J connectivity index is 2.67. The molecule has 5 nitrogen and oxygen atoms in total. The Morgan fingerprint density at radius 1 is 1.37 bits per heavy atom. The van der Waals surface area contributed by atoms with Crippen molar-refractivity contribution in [1.82, 2.24) is 4.72 Å². The van der Waals surface area contributed by atoms with Crippen LogP contribution in [0.5, 0.6) is 0 Å². The molecule has 108 valence electrons. The Kier molecular flexibility index (Phi) is 5.76. The lowest BCUT2D eigenvalue weighted by Crippen LogP contribution is -2.40. The third kappa shape index (κ3) is 5.46. The minimum absolute atomic E-state index is 0.110. The predicted octanol–water partition coefficient (Wildman–Crippen LogP) is 1.11. The van der Waals surface area contributed by atoms with Gasteiger partial charge in [0.05, 0.1) is 12.4 Å². The van der Waals surface area contributed by atoms with E-state index in [1.807, 2.05) is 0 Å². The van der Waals surface area contributed by atoms with Crippen molar-refractivity contribution in [3.63, 3.8) is 0 Å². The Bertz CT molecular complexity index is 499. The van der Waals surface area contributed by atoms with E-state index >= 15 is 0 Å². The number of rotatable bonds is 7. The SMILES string of the molecule is COCCS(=O)(=O)NCC(C)(O)c1ccc(Cl)cc1. The minimum Gasteiger partial charge on any atom is -0.384 e. The van der Waals surface area contributed by atoms with Crippen LogP contribution >= 0.6 is 11.6 Å². The summed E-state index contributed by atoms with van der Waals surface area (Å²) in [6, 6.07) is 6.60. The van der Waals surface area contributed by atoms with Crippen LogP contribution in [0, 0.1) is 0 Å². The number of halogens is 1. The molecule has 0 aliphatic rings. The average Bonchev–Trinajstić information content (AvgIpc) is 2.35. The van der Waals surface area contributed by atoms with E-state index in [0.717, 1.165) is 0 Å². The highest BCUT2D eigenvalue weighted by molar-refractivity contribution is 7.89. The zero-order valence-corrected chi connectivity index (χ0v) is 12.5. The van der Waals surface area contributed by atoms with Crippen molar-refractivity contribution in [2.75, 3.05) is 26.0 Å². The lowest BCUT2D eigenvalue weighted by atomic mass is 9.97. The van der Waals surface area contributed by atoms with E-state index in [4.69, 9.17) is 16.3 Å². The molecule has 0 radical (unpaired) electrons. The molecule has 1 rings (SSSR count). The molecule has 0 spiro atoms. The molecule has 19 heavy (non-hydrogen) atoms. The molecule has 0 fully saturated rings. The molecule has 1 aromatic carbocycles. The summed E-state index contributed by atoms with van der Waals surface area (Å²) in [4.78, 5) is 0. The molecule has 0 bridgehead atoms. The van der Waals surface area contributed by atoms with Crippen LogP contribution < -0.4 is 4.72 Å². The van der Waals surface area contributed by atoms with Crippen LogP contribution in [-0.4, -0.2) is 39.5 Å². The van der Waals surface area contributed by atoms with E-state index in [0.29, 0.717) is 10.6 Å². The molecule has 1 atom stereocenters. The van der Waals surface area contributed by atoms with Crippen LogP contribution in [0.4, 0.5) is 0 Å². The monoisotopic (exact) mass is 307 g/mol. The molecule has 0 heterocycles. The van der Waals surface area contributed by atoms with Gasteiger partial charge in [0, 0.05) is 18.7 Å². The van der Waals surface area contributed by atoms with Crippen LogP contribution in [0.2, 0.25) is 5.02 Å². The van der Waals surface area contributed by atoms with E-state index in [9.17, 15) is 13.5 Å². The Morgan fingerprint density at radius 2 is 1.95 bits per heavy atom. The van der Waals surface area contributed by atoms with Gasteiger partial charge in [-0.3, -0.25) is 0 Å². The second-order valence-corrected chi connectivity index (χ2v) is 6.78. The first-order valence-corrected chi connectivity index (χ1v) is 7.74. The van der Waals surface area contributed by atoms with Gasteiger partial charge in [-0.15, -0.1) is 0 Å². The number of hydrogen-bond donors (Lipinski definition) is 2. The fraction of sp³-hybridized carbons (Fsp3) is 0.500. The van der Waals surface area contributed by atoms with Crippen LogP contribution in [0.15, 0.2) is 24.3 Å². The van der Waals surface area contributed by atoms with Gasteiger partial charge in [-0.2, -0.15) is 0 Å². The van der Waals surface area contributed by atoms with Crippen LogP contribution in [0.1, 0.15) is 12.5 Å². The summed E-state index contributed by atoms with van der Waals surface area (Å²) >= 11 is 5.76. The van der Waals surface area contributed by atoms with Gasteiger partial charge < -0.3 is 9.84 Å². The standard InChI is InChI=1S/C12H18ClNO4S/c1-12(15,10-3-5-11(13)6-4-10)9-14-19(16,17)8-7-18-2/h3-6,14-15H,7-9H2,1-2H3. The number of ether oxygens (including phenoxy) is 1. The van der Waals surface area contributed by atoms with Crippen molar-refractivity contribution in [2.45, 2.75) is 12.5 Å². The Hall–Kier alpha value is -0.660. The number of aliphatic hydroxyl groups is 1. The number of hydrogen-bond acceptors (Lipinski definition) is 4. The summed E-state index contributed by atoms with van der Waals surface area (Å²) in [5, 5.41) is 10.8. The molecule has 2 N–H and O–H groups in total. The van der Waals surface area contributed by atoms with Gasteiger partial charge in [0.15, 0.2) is 0 Å². The largest absolute Gasteiger partial charge is 0.384 e. The maximum absolute atomic E-state index is 11.6. The van der Waals surface area contributed by atoms with E-state index < -0.39 is 15.6 Å². The predicted molar refractivity (Wildman–Crippen MR) is 74.7 cm³/mol. The first-order chi connectivity index (χ1) is 8.77. The molecule has 0 saturated heterocycles. The Labute approximate surface area is 118 Å². The fourth-order valence-electron chi connectivity index (χ4n) is 1.43. The molecule has 1 aromatic rings. The maximum atomic E-state index is 11.6. The van der Waals surface area contributed by atoms with Gasteiger partial charge in [0.25, 0.3) is 0 Å². The third-order valence-electron chi connectivity index (χ3n) is 2.66. The number of benzene rings is 1. The van der Waals surface area contributed by atoms with Crippen molar-refractivity contribution in [3.8, 4) is 0 Å². The first-order valence-electron chi connectivity index (χ1n) is 5.71. The van der Waals surface area contributed by atoms with Gasteiger partial charge in [-0.05, 0) is 24.6 Å².